The largest absolute Gasteiger partial charge is 0.508 e. The van der Waals surface area contributed by atoms with Crippen LogP contribution in [0, 0.1) is 0 Å². The number of benzene rings is 2. The Balaban J connectivity index is 1.99. The lowest BCUT2D eigenvalue weighted by atomic mass is 10.1. The fourth-order valence-corrected chi connectivity index (χ4v) is 2.52. The number of rotatable bonds is 4. The summed E-state index contributed by atoms with van der Waals surface area (Å²) < 4.78 is 5.79. The van der Waals surface area contributed by atoms with Crippen LogP contribution in [0.15, 0.2) is 36.4 Å². The highest BCUT2D eigenvalue weighted by Gasteiger charge is 2.24. The summed E-state index contributed by atoms with van der Waals surface area (Å²) in [7, 11) is 0. The minimum Gasteiger partial charge on any atom is -0.508 e. The van der Waals surface area contributed by atoms with Crippen LogP contribution in [0.4, 0.5) is 5.69 Å². The zero-order chi connectivity index (χ0) is 17.3. The van der Waals surface area contributed by atoms with E-state index in [9.17, 15) is 10.2 Å². The molecule has 2 aromatic rings. The SMILES string of the molecule is CCN1CC=C(c2c(O)cc(O)cc2Oc2ccc(N)c(Cl)c2)O1. The lowest BCUT2D eigenvalue weighted by molar-refractivity contribution is -0.0562. The molecule has 0 spiro atoms. The summed E-state index contributed by atoms with van der Waals surface area (Å²) in [5.74, 6) is 0.865. The maximum atomic E-state index is 10.2. The molecule has 0 aromatic heterocycles. The number of halogens is 1. The summed E-state index contributed by atoms with van der Waals surface area (Å²) in [6.45, 7) is 3.25. The third-order valence-electron chi connectivity index (χ3n) is 3.57. The van der Waals surface area contributed by atoms with Crippen LogP contribution < -0.4 is 10.5 Å². The van der Waals surface area contributed by atoms with Crippen molar-refractivity contribution >= 4 is 23.0 Å². The van der Waals surface area contributed by atoms with Crippen LogP contribution >= 0.6 is 11.6 Å². The van der Waals surface area contributed by atoms with E-state index in [0.29, 0.717) is 40.9 Å². The third kappa shape index (κ3) is 3.20. The molecule has 3 rings (SSSR count). The van der Waals surface area contributed by atoms with E-state index in [0.717, 1.165) is 0 Å². The van der Waals surface area contributed by atoms with Gasteiger partial charge in [-0.15, -0.1) is 5.06 Å². The number of ether oxygens (including phenoxy) is 1. The first kappa shape index (κ1) is 16.3. The van der Waals surface area contributed by atoms with Gasteiger partial charge < -0.3 is 25.5 Å². The fraction of sp³-hybridized carbons (Fsp3) is 0.176. The maximum Gasteiger partial charge on any atom is 0.159 e. The van der Waals surface area contributed by atoms with Crippen LogP contribution in [-0.2, 0) is 4.84 Å². The van der Waals surface area contributed by atoms with Crippen LogP contribution in [0.25, 0.3) is 5.76 Å². The molecule has 1 aliphatic heterocycles. The van der Waals surface area contributed by atoms with E-state index in [2.05, 4.69) is 0 Å². The monoisotopic (exact) mass is 348 g/mol. The van der Waals surface area contributed by atoms with Crippen molar-refractivity contribution < 1.29 is 19.8 Å². The van der Waals surface area contributed by atoms with E-state index in [1.54, 1.807) is 23.3 Å². The van der Waals surface area contributed by atoms with E-state index in [1.165, 1.54) is 12.1 Å². The van der Waals surface area contributed by atoms with Gasteiger partial charge in [-0.25, -0.2) is 0 Å². The van der Waals surface area contributed by atoms with Crippen molar-refractivity contribution in [1.82, 2.24) is 5.06 Å². The van der Waals surface area contributed by atoms with Crippen LogP contribution in [0.3, 0.4) is 0 Å². The molecule has 0 aliphatic carbocycles. The molecule has 2 aromatic carbocycles. The lowest BCUT2D eigenvalue weighted by Gasteiger charge is -2.17. The minimum absolute atomic E-state index is 0.126. The van der Waals surface area contributed by atoms with Crippen LogP contribution in [0.5, 0.6) is 23.0 Å². The molecule has 0 saturated heterocycles. The fourth-order valence-electron chi connectivity index (χ4n) is 2.35. The van der Waals surface area contributed by atoms with Crippen molar-refractivity contribution in [3.63, 3.8) is 0 Å². The Morgan fingerprint density at radius 2 is 2.08 bits per heavy atom. The van der Waals surface area contributed by atoms with Gasteiger partial charge in [0.05, 0.1) is 17.3 Å². The number of nitrogen functional groups attached to an aromatic ring is 1. The first-order valence-electron chi connectivity index (χ1n) is 7.40. The molecule has 1 heterocycles. The zero-order valence-corrected chi connectivity index (χ0v) is 13.7. The van der Waals surface area contributed by atoms with Gasteiger partial charge in [0.25, 0.3) is 0 Å². The highest BCUT2D eigenvalue weighted by atomic mass is 35.5. The second-order valence-corrected chi connectivity index (χ2v) is 5.67. The molecule has 0 saturated carbocycles. The summed E-state index contributed by atoms with van der Waals surface area (Å²) >= 11 is 6.00. The zero-order valence-electron chi connectivity index (χ0n) is 13.0. The highest BCUT2D eigenvalue weighted by Crippen LogP contribution is 2.42. The van der Waals surface area contributed by atoms with Crippen LogP contribution in [0.2, 0.25) is 5.02 Å². The van der Waals surface area contributed by atoms with E-state index in [4.69, 9.17) is 26.9 Å². The number of phenolic OH excluding ortho intramolecular Hbond substituents is 2. The van der Waals surface area contributed by atoms with E-state index >= 15 is 0 Å². The summed E-state index contributed by atoms with van der Waals surface area (Å²) in [6, 6.07) is 7.46. The molecule has 0 amide bonds. The molecule has 0 atom stereocenters. The van der Waals surface area contributed by atoms with Gasteiger partial charge in [0.1, 0.15) is 28.6 Å². The van der Waals surface area contributed by atoms with Gasteiger partial charge in [0, 0.05) is 24.7 Å². The number of nitrogens with zero attached hydrogens (tertiary/aromatic N) is 1. The van der Waals surface area contributed by atoms with E-state index in [1.807, 2.05) is 13.0 Å². The lowest BCUT2D eigenvalue weighted by Crippen LogP contribution is -2.17. The van der Waals surface area contributed by atoms with Crippen molar-refractivity contribution in [2.24, 2.45) is 0 Å². The Morgan fingerprint density at radius 3 is 2.75 bits per heavy atom. The number of aromatic hydroxyl groups is 2. The number of likely N-dealkylation sites (N-methyl/N-ethyl adjacent to an activating group) is 1. The Hall–Kier alpha value is -2.57. The molecule has 1 aliphatic rings. The van der Waals surface area contributed by atoms with Gasteiger partial charge in [0.2, 0.25) is 0 Å². The molecule has 0 fully saturated rings. The molecule has 7 heteroatoms. The normalized spacial score (nSPS) is 14.3. The van der Waals surface area contributed by atoms with Crippen molar-refractivity contribution in [3.8, 4) is 23.0 Å². The molecule has 0 radical (unpaired) electrons. The predicted molar refractivity (Wildman–Crippen MR) is 92.0 cm³/mol. The molecular formula is C17H17ClN2O4. The molecule has 0 bridgehead atoms. The molecule has 0 unspecified atom stereocenters. The highest BCUT2D eigenvalue weighted by molar-refractivity contribution is 6.33. The average Bonchev–Trinajstić information content (AvgIpc) is 2.99. The summed E-state index contributed by atoms with van der Waals surface area (Å²) in [4.78, 5) is 5.67. The number of nitrogens with two attached hydrogens (primary N) is 1. The van der Waals surface area contributed by atoms with Crippen molar-refractivity contribution in [2.45, 2.75) is 6.92 Å². The molecule has 24 heavy (non-hydrogen) atoms. The molecule has 4 N–H and O–H groups in total. The topological polar surface area (TPSA) is 88.2 Å². The van der Waals surface area contributed by atoms with E-state index in [-0.39, 0.29) is 17.2 Å². The number of hydrogen-bond donors (Lipinski definition) is 3. The summed E-state index contributed by atoms with van der Waals surface area (Å²) in [6.07, 6.45) is 1.83. The maximum absolute atomic E-state index is 10.2. The predicted octanol–water partition coefficient (Wildman–Crippen LogP) is 3.73. The Morgan fingerprint density at radius 1 is 1.29 bits per heavy atom. The minimum atomic E-state index is -0.143. The van der Waals surface area contributed by atoms with E-state index < -0.39 is 0 Å². The Bertz CT molecular complexity index is 807. The smallest absolute Gasteiger partial charge is 0.159 e. The van der Waals surface area contributed by atoms with Crippen LogP contribution in [-0.4, -0.2) is 28.4 Å². The van der Waals surface area contributed by atoms with Gasteiger partial charge in [-0.3, -0.25) is 0 Å². The summed E-state index contributed by atoms with van der Waals surface area (Å²) in [5, 5.41) is 22.1. The Labute approximate surface area is 144 Å². The number of phenols is 2. The van der Waals surface area contributed by atoms with Gasteiger partial charge in [-0.1, -0.05) is 11.6 Å². The first-order chi connectivity index (χ1) is 11.5. The van der Waals surface area contributed by atoms with Crippen molar-refractivity contribution in [1.29, 1.82) is 0 Å². The second kappa shape index (κ2) is 6.51. The molecular weight excluding hydrogens is 332 g/mol. The van der Waals surface area contributed by atoms with Gasteiger partial charge >= 0.3 is 0 Å². The second-order valence-electron chi connectivity index (χ2n) is 5.26. The van der Waals surface area contributed by atoms with Gasteiger partial charge in [-0.05, 0) is 25.1 Å². The van der Waals surface area contributed by atoms with Gasteiger partial charge in [0.15, 0.2) is 5.76 Å². The number of anilines is 1. The number of hydroxylamine groups is 2. The van der Waals surface area contributed by atoms with Crippen molar-refractivity contribution in [3.05, 3.63) is 47.0 Å². The first-order valence-corrected chi connectivity index (χ1v) is 7.78. The number of hydrogen-bond acceptors (Lipinski definition) is 6. The van der Waals surface area contributed by atoms with Gasteiger partial charge in [-0.2, -0.15) is 0 Å². The summed E-state index contributed by atoms with van der Waals surface area (Å²) in [5.41, 5.74) is 6.48. The molecule has 126 valence electrons. The molecule has 6 nitrogen and oxygen atoms in total. The third-order valence-corrected chi connectivity index (χ3v) is 3.90. The standard InChI is InChI=1S/C17H17ClN2O4/c1-2-20-6-5-15(24-20)17-14(22)7-10(21)8-16(17)23-11-3-4-13(19)12(18)9-11/h3-5,7-9,21-22H,2,6,19H2,1H3. The average molecular weight is 349 g/mol. The Kier molecular flexibility index (Phi) is 4.42. The quantitative estimate of drug-likeness (QED) is 0.729. The van der Waals surface area contributed by atoms with Crippen molar-refractivity contribution in [2.75, 3.05) is 18.8 Å². The van der Waals surface area contributed by atoms with Crippen LogP contribution in [0.1, 0.15) is 12.5 Å².